The maximum atomic E-state index is 11.7. The molecule has 5 heteroatoms. The van der Waals surface area contributed by atoms with Crippen molar-refractivity contribution < 1.29 is 9.53 Å². The van der Waals surface area contributed by atoms with E-state index in [4.69, 9.17) is 4.74 Å². The van der Waals surface area contributed by atoms with Crippen LogP contribution in [0, 0.1) is 0 Å². The van der Waals surface area contributed by atoms with Crippen molar-refractivity contribution in [1.29, 1.82) is 0 Å². The van der Waals surface area contributed by atoms with E-state index in [1.165, 1.54) is 0 Å². The van der Waals surface area contributed by atoms with Gasteiger partial charge in [-0.1, -0.05) is 30.3 Å². The molecule has 0 aromatic heterocycles. The van der Waals surface area contributed by atoms with Crippen LogP contribution in [0.1, 0.15) is 31.9 Å². The lowest BCUT2D eigenvalue weighted by atomic mass is 10.1. The highest BCUT2D eigenvalue weighted by Gasteiger charge is 2.04. The van der Waals surface area contributed by atoms with E-state index in [0.29, 0.717) is 6.61 Å². The molecule has 25 heavy (non-hydrogen) atoms. The van der Waals surface area contributed by atoms with Gasteiger partial charge >= 0.3 is 6.03 Å². The lowest BCUT2D eigenvalue weighted by Gasteiger charge is -2.12. The number of benzene rings is 2. The zero-order chi connectivity index (χ0) is 18.1. The van der Waals surface area contributed by atoms with E-state index in [2.05, 4.69) is 22.0 Å². The highest BCUT2D eigenvalue weighted by atomic mass is 16.5. The Bertz CT molecular complexity index is 669. The average Bonchev–Trinajstić information content (AvgIpc) is 2.57. The first kappa shape index (κ1) is 18.8. The van der Waals surface area contributed by atoms with Gasteiger partial charge in [0.05, 0.1) is 6.61 Å². The number of hydrogen-bond acceptors (Lipinski definition) is 3. The third-order valence-electron chi connectivity index (χ3n) is 3.55. The Morgan fingerprint density at radius 3 is 2.44 bits per heavy atom. The van der Waals surface area contributed by atoms with Gasteiger partial charge in [0.25, 0.3) is 0 Å². The number of nitrogens with one attached hydrogen (secondary N) is 3. The highest BCUT2D eigenvalue weighted by Crippen LogP contribution is 2.18. The normalized spacial score (nSPS) is 10.6. The second-order valence-corrected chi connectivity index (χ2v) is 6.09. The van der Waals surface area contributed by atoms with Crippen LogP contribution in [-0.4, -0.2) is 18.7 Å². The molecule has 2 aromatic carbocycles. The zero-order valence-electron chi connectivity index (χ0n) is 15.1. The third kappa shape index (κ3) is 6.47. The van der Waals surface area contributed by atoms with Crippen molar-refractivity contribution in [3.8, 4) is 5.75 Å². The number of para-hydroxylation sites is 1. The van der Waals surface area contributed by atoms with Gasteiger partial charge in [0.15, 0.2) is 0 Å². The van der Waals surface area contributed by atoms with Crippen LogP contribution in [0.5, 0.6) is 5.75 Å². The van der Waals surface area contributed by atoms with Crippen LogP contribution >= 0.6 is 0 Å². The van der Waals surface area contributed by atoms with E-state index in [9.17, 15) is 4.79 Å². The fourth-order valence-corrected chi connectivity index (χ4v) is 2.42. The van der Waals surface area contributed by atoms with E-state index < -0.39 is 0 Å². The molecule has 0 fully saturated rings. The Kier molecular flexibility index (Phi) is 7.29. The number of urea groups is 1. The summed E-state index contributed by atoms with van der Waals surface area (Å²) in [5.41, 5.74) is 3.08. The quantitative estimate of drug-likeness (QED) is 0.682. The Morgan fingerprint density at radius 2 is 1.76 bits per heavy atom. The standard InChI is InChI=1S/C20H27N3O2/c1-4-25-19-8-6-5-7-17(19)14-21-13-16-9-11-18(12-10-16)23-20(24)22-15(2)3/h5-12,15,21H,4,13-14H2,1-3H3,(H2,22,23,24). The van der Waals surface area contributed by atoms with E-state index in [1.807, 2.05) is 63.2 Å². The summed E-state index contributed by atoms with van der Waals surface area (Å²) in [6, 6.07) is 15.8. The summed E-state index contributed by atoms with van der Waals surface area (Å²) >= 11 is 0. The SMILES string of the molecule is CCOc1ccccc1CNCc1ccc(NC(=O)NC(C)C)cc1. The minimum atomic E-state index is -0.187. The lowest BCUT2D eigenvalue weighted by Crippen LogP contribution is -2.34. The van der Waals surface area contributed by atoms with E-state index in [-0.39, 0.29) is 12.1 Å². The van der Waals surface area contributed by atoms with Gasteiger partial charge in [-0.2, -0.15) is 0 Å². The number of carbonyl (C=O) groups excluding carboxylic acids is 1. The van der Waals surface area contributed by atoms with Gasteiger partial charge in [0, 0.05) is 30.4 Å². The fourth-order valence-electron chi connectivity index (χ4n) is 2.42. The molecule has 134 valence electrons. The molecule has 0 aliphatic carbocycles. The molecule has 0 radical (unpaired) electrons. The first-order chi connectivity index (χ1) is 12.1. The molecule has 0 unspecified atom stereocenters. The monoisotopic (exact) mass is 341 g/mol. The molecule has 0 atom stereocenters. The summed E-state index contributed by atoms with van der Waals surface area (Å²) in [5.74, 6) is 0.924. The van der Waals surface area contributed by atoms with Crippen molar-refractivity contribution in [3.63, 3.8) is 0 Å². The maximum Gasteiger partial charge on any atom is 0.319 e. The van der Waals surface area contributed by atoms with Crippen LogP contribution in [0.2, 0.25) is 0 Å². The van der Waals surface area contributed by atoms with Crippen molar-refractivity contribution >= 4 is 11.7 Å². The Morgan fingerprint density at radius 1 is 1.04 bits per heavy atom. The summed E-state index contributed by atoms with van der Waals surface area (Å²) < 4.78 is 5.63. The largest absolute Gasteiger partial charge is 0.494 e. The third-order valence-corrected chi connectivity index (χ3v) is 3.55. The van der Waals surface area contributed by atoms with Crippen LogP contribution in [-0.2, 0) is 13.1 Å². The van der Waals surface area contributed by atoms with Crippen LogP contribution in [0.15, 0.2) is 48.5 Å². The second kappa shape index (κ2) is 9.69. The van der Waals surface area contributed by atoms with Crippen LogP contribution in [0.25, 0.3) is 0 Å². The predicted molar refractivity (Wildman–Crippen MR) is 102 cm³/mol. The molecular formula is C20H27N3O2. The number of carbonyl (C=O) groups is 1. The van der Waals surface area contributed by atoms with Crippen molar-refractivity contribution in [2.75, 3.05) is 11.9 Å². The molecule has 2 aromatic rings. The minimum Gasteiger partial charge on any atom is -0.494 e. The molecule has 3 N–H and O–H groups in total. The highest BCUT2D eigenvalue weighted by molar-refractivity contribution is 5.89. The number of ether oxygens (including phenoxy) is 1. The molecular weight excluding hydrogens is 314 g/mol. The summed E-state index contributed by atoms with van der Waals surface area (Å²) in [7, 11) is 0. The topological polar surface area (TPSA) is 62.4 Å². The van der Waals surface area contributed by atoms with Crippen LogP contribution in [0.4, 0.5) is 10.5 Å². The number of hydrogen-bond donors (Lipinski definition) is 3. The van der Waals surface area contributed by atoms with Crippen molar-refractivity contribution in [3.05, 3.63) is 59.7 Å². The Labute approximate surface area is 149 Å². The Hall–Kier alpha value is -2.53. The van der Waals surface area contributed by atoms with E-state index in [0.717, 1.165) is 35.7 Å². The first-order valence-corrected chi connectivity index (χ1v) is 8.66. The molecule has 0 bridgehead atoms. The van der Waals surface area contributed by atoms with Crippen molar-refractivity contribution in [1.82, 2.24) is 10.6 Å². The molecule has 0 saturated carbocycles. The number of rotatable bonds is 8. The van der Waals surface area contributed by atoms with Gasteiger partial charge < -0.3 is 20.7 Å². The molecule has 0 aliphatic heterocycles. The smallest absolute Gasteiger partial charge is 0.319 e. The summed E-state index contributed by atoms with van der Waals surface area (Å²) in [6.45, 7) is 8.00. The fraction of sp³-hybridized carbons (Fsp3) is 0.350. The van der Waals surface area contributed by atoms with E-state index in [1.54, 1.807) is 0 Å². The van der Waals surface area contributed by atoms with Gasteiger partial charge in [0.2, 0.25) is 0 Å². The zero-order valence-corrected chi connectivity index (χ0v) is 15.1. The number of anilines is 1. The van der Waals surface area contributed by atoms with Crippen LogP contribution in [0.3, 0.4) is 0 Å². The first-order valence-electron chi connectivity index (χ1n) is 8.66. The minimum absolute atomic E-state index is 0.114. The molecule has 0 spiro atoms. The molecule has 5 nitrogen and oxygen atoms in total. The molecule has 0 aliphatic rings. The molecule has 2 rings (SSSR count). The summed E-state index contributed by atoms with van der Waals surface area (Å²) in [5, 5.41) is 9.04. The van der Waals surface area contributed by atoms with E-state index >= 15 is 0 Å². The van der Waals surface area contributed by atoms with Crippen molar-refractivity contribution in [2.45, 2.75) is 39.9 Å². The van der Waals surface area contributed by atoms with Gasteiger partial charge in [-0.05, 0) is 44.5 Å². The average molecular weight is 341 g/mol. The van der Waals surface area contributed by atoms with Crippen molar-refractivity contribution in [2.24, 2.45) is 0 Å². The predicted octanol–water partition coefficient (Wildman–Crippen LogP) is 3.91. The molecule has 0 saturated heterocycles. The van der Waals surface area contributed by atoms with Gasteiger partial charge in [-0.25, -0.2) is 4.79 Å². The Balaban J connectivity index is 1.83. The van der Waals surface area contributed by atoms with Crippen LogP contribution < -0.4 is 20.7 Å². The van der Waals surface area contributed by atoms with Gasteiger partial charge in [-0.3, -0.25) is 0 Å². The maximum absolute atomic E-state index is 11.7. The number of amides is 2. The molecule has 2 amide bonds. The lowest BCUT2D eigenvalue weighted by molar-refractivity contribution is 0.250. The summed E-state index contributed by atoms with van der Waals surface area (Å²) in [6.07, 6.45) is 0. The van der Waals surface area contributed by atoms with Gasteiger partial charge in [0.1, 0.15) is 5.75 Å². The summed E-state index contributed by atoms with van der Waals surface area (Å²) in [4.78, 5) is 11.7. The second-order valence-electron chi connectivity index (χ2n) is 6.09. The molecule has 0 heterocycles. The van der Waals surface area contributed by atoms with Gasteiger partial charge in [-0.15, -0.1) is 0 Å².